The van der Waals surface area contributed by atoms with Gasteiger partial charge >= 0.3 is 0 Å². The Morgan fingerprint density at radius 2 is 1.52 bits per heavy atom. The second-order valence-corrected chi connectivity index (χ2v) is 6.50. The minimum atomic E-state index is -0.259. The van der Waals surface area contributed by atoms with Gasteiger partial charge < -0.3 is 0 Å². The molecule has 0 radical (unpaired) electrons. The van der Waals surface area contributed by atoms with Gasteiger partial charge in [-0.15, -0.1) is 0 Å². The smallest absolute Gasteiger partial charge is 0.237 e. The first-order chi connectivity index (χ1) is 10.9. The van der Waals surface area contributed by atoms with Crippen LogP contribution in [0.5, 0.6) is 0 Å². The summed E-state index contributed by atoms with van der Waals surface area (Å²) in [7, 11) is 0. The van der Waals surface area contributed by atoms with Crippen LogP contribution in [0, 0.1) is 26.7 Å². The van der Waals surface area contributed by atoms with Crippen molar-refractivity contribution in [2.75, 3.05) is 4.90 Å². The Balaban J connectivity index is 1.82. The van der Waals surface area contributed by atoms with E-state index in [-0.39, 0.29) is 17.7 Å². The lowest BCUT2D eigenvalue weighted by molar-refractivity contribution is -0.122. The number of imide groups is 1. The van der Waals surface area contributed by atoms with E-state index in [1.807, 2.05) is 31.2 Å². The van der Waals surface area contributed by atoms with Crippen LogP contribution in [0.25, 0.3) is 0 Å². The zero-order valence-electron chi connectivity index (χ0n) is 13.8. The second-order valence-electron chi connectivity index (χ2n) is 6.50. The lowest BCUT2D eigenvalue weighted by atomic mass is 9.95. The van der Waals surface area contributed by atoms with E-state index in [0.717, 1.165) is 11.1 Å². The summed E-state index contributed by atoms with van der Waals surface area (Å²) in [6.07, 6.45) is 0.912. The van der Waals surface area contributed by atoms with Crippen LogP contribution in [0.2, 0.25) is 0 Å². The highest BCUT2D eigenvalue weighted by molar-refractivity contribution is 6.20. The zero-order valence-corrected chi connectivity index (χ0v) is 13.8. The van der Waals surface area contributed by atoms with Gasteiger partial charge in [-0.3, -0.25) is 14.5 Å². The van der Waals surface area contributed by atoms with Gasteiger partial charge in [-0.2, -0.15) is 0 Å². The third-order valence-corrected chi connectivity index (χ3v) is 4.30. The molecule has 0 N–H and O–H groups in total. The normalized spacial score (nSPS) is 17.9. The first-order valence-electron chi connectivity index (χ1n) is 7.94. The number of rotatable bonds is 3. The van der Waals surface area contributed by atoms with E-state index in [1.54, 1.807) is 0 Å². The average molecular weight is 307 g/mol. The number of hydrogen-bond donors (Lipinski definition) is 0. The average Bonchev–Trinajstić information content (AvgIpc) is 2.74. The van der Waals surface area contributed by atoms with Crippen molar-refractivity contribution >= 4 is 17.5 Å². The molecule has 0 aliphatic carbocycles. The Kier molecular flexibility index (Phi) is 4.03. The number of amides is 2. The van der Waals surface area contributed by atoms with Gasteiger partial charge in [0, 0.05) is 6.42 Å². The highest BCUT2D eigenvalue weighted by Crippen LogP contribution is 2.29. The topological polar surface area (TPSA) is 37.4 Å². The fourth-order valence-electron chi connectivity index (χ4n) is 3.29. The highest BCUT2D eigenvalue weighted by atomic mass is 16.2. The first-order valence-corrected chi connectivity index (χ1v) is 7.94. The Hall–Kier alpha value is -2.42. The third-order valence-electron chi connectivity index (χ3n) is 4.30. The second kappa shape index (κ2) is 5.99. The molecule has 23 heavy (non-hydrogen) atoms. The van der Waals surface area contributed by atoms with Crippen LogP contribution in [0.15, 0.2) is 42.5 Å². The number of nitrogens with zero attached hydrogens (tertiary/aromatic N) is 1. The van der Waals surface area contributed by atoms with Gasteiger partial charge in [0.1, 0.15) is 0 Å². The molecule has 2 amide bonds. The molecule has 3 rings (SSSR count). The lowest BCUT2D eigenvalue weighted by Gasteiger charge is -2.15. The molecule has 3 nitrogen and oxygen atoms in total. The number of carbonyl (C=O) groups is 2. The molecule has 2 aromatic rings. The molecule has 1 aliphatic rings. The van der Waals surface area contributed by atoms with Crippen LogP contribution in [-0.2, 0) is 16.0 Å². The summed E-state index contributed by atoms with van der Waals surface area (Å²) < 4.78 is 0. The van der Waals surface area contributed by atoms with Gasteiger partial charge in [0.15, 0.2) is 0 Å². The van der Waals surface area contributed by atoms with Crippen LogP contribution >= 0.6 is 0 Å². The quantitative estimate of drug-likeness (QED) is 0.810. The predicted molar refractivity (Wildman–Crippen MR) is 91.4 cm³/mol. The fraction of sp³-hybridized carbons (Fsp3) is 0.300. The standard InChI is InChI=1S/C20H21NO2/c1-13-4-6-18(7-5-13)21-19(22)12-17(20(21)23)11-16-9-14(2)8-15(3)10-16/h4-10,17H,11-12H2,1-3H3/t17-/m0/s1. The summed E-state index contributed by atoms with van der Waals surface area (Å²) in [4.78, 5) is 26.3. The molecule has 0 unspecified atom stereocenters. The summed E-state index contributed by atoms with van der Waals surface area (Å²) in [5.41, 5.74) is 5.28. The Morgan fingerprint density at radius 1 is 0.913 bits per heavy atom. The Labute approximate surface area is 136 Å². The van der Waals surface area contributed by atoms with Gasteiger partial charge in [0.25, 0.3) is 0 Å². The number of aryl methyl sites for hydroxylation is 3. The van der Waals surface area contributed by atoms with Crippen molar-refractivity contribution in [3.63, 3.8) is 0 Å². The molecule has 2 aromatic carbocycles. The monoisotopic (exact) mass is 307 g/mol. The number of anilines is 1. The van der Waals surface area contributed by atoms with Crippen molar-refractivity contribution in [2.24, 2.45) is 5.92 Å². The van der Waals surface area contributed by atoms with E-state index in [0.29, 0.717) is 18.5 Å². The Morgan fingerprint density at radius 3 is 2.13 bits per heavy atom. The van der Waals surface area contributed by atoms with Crippen molar-refractivity contribution < 1.29 is 9.59 Å². The van der Waals surface area contributed by atoms with E-state index >= 15 is 0 Å². The van der Waals surface area contributed by atoms with Gasteiger partial charge in [-0.05, 0) is 44.9 Å². The highest BCUT2D eigenvalue weighted by Gasteiger charge is 2.39. The van der Waals surface area contributed by atoms with Gasteiger partial charge in [0.2, 0.25) is 11.8 Å². The van der Waals surface area contributed by atoms with Crippen molar-refractivity contribution in [3.05, 3.63) is 64.7 Å². The molecule has 118 valence electrons. The zero-order chi connectivity index (χ0) is 16.6. The van der Waals surface area contributed by atoms with Crippen molar-refractivity contribution in [1.29, 1.82) is 0 Å². The van der Waals surface area contributed by atoms with Crippen LogP contribution in [0.1, 0.15) is 28.7 Å². The van der Waals surface area contributed by atoms with Crippen molar-refractivity contribution in [2.45, 2.75) is 33.6 Å². The maximum Gasteiger partial charge on any atom is 0.237 e. The van der Waals surface area contributed by atoms with E-state index in [1.165, 1.54) is 16.0 Å². The van der Waals surface area contributed by atoms with E-state index < -0.39 is 0 Å². The maximum absolute atomic E-state index is 12.7. The molecule has 1 saturated heterocycles. The number of hydrogen-bond acceptors (Lipinski definition) is 2. The van der Waals surface area contributed by atoms with Crippen LogP contribution < -0.4 is 4.90 Å². The molecule has 0 bridgehead atoms. The molecule has 1 atom stereocenters. The summed E-state index contributed by atoms with van der Waals surface area (Å²) in [5, 5.41) is 0. The lowest BCUT2D eigenvalue weighted by Crippen LogP contribution is -2.30. The molecular formula is C20H21NO2. The number of benzene rings is 2. The first kappa shape index (κ1) is 15.5. The van der Waals surface area contributed by atoms with Crippen molar-refractivity contribution in [1.82, 2.24) is 0 Å². The maximum atomic E-state index is 12.7. The SMILES string of the molecule is Cc1ccc(N2C(=O)C[C@H](Cc3cc(C)cc(C)c3)C2=O)cc1. The van der Waals surface area contributed by atoms with Crippen molar-refractivity contribution in [3.8, 4) is 0 Å². The largest absolute Gasteiger partial charge is 0.274 e. The summed E-state index contributed by atoms with van der Waals surface area (Å²) >= 11 is 0. The van der Waals surface area contributed by atoms with Gasteiger partial charge in [-0.1, -0.05) is 47.0 Å². The van der Waals surface area contributed by atoms with E-state index in [9.17, 15) is 9.59 Å². The molecule has 1 heterocycles. The molecule has 0 aromatic heterocycles. The number of carbonyl (C=O) groups excluding carboxylic acids is 2. The van der Waals surface area contributed by atoms with Crippen LogP contribution in [0.4, 0.5) is 5.69 Å². The molecule has 0 spiro atoms. The van der Waals surface area contributed by atoms with Gasteiger partial charge in [0.05, 0.1) is 11.6 Å². The molecule has 0 saturated carbocycles. The van der Waals surface area contributed by atoms with Gasteiger partial charge in [-0.25, -0.2) is 0 Å². The molecule has 1 fully saturated rings. The van der Waals surface area contributed by atoms with Crippen LogP contribution in [-0.4, -0.2) is 11.8 Å². The predicted octanol–water partition coefficient (Wildman–Crippen LogP) is 3.73. The summed E-state index contributed by atoms with van der Waals surface area (Å²) in [5.74, 6) is -0.448. The van der Waals surface area contributed by atoms with E-state index in [4.69, 9.17) is 0 Å². The summed E-state index contributed by atoms with van der Waals surface area (Å²) in [6.45, 7) is 6.09. The molecule has 3 heteroatoms. The van der Waals surface area contributed by atoms with Crippen LogP contribution in [0.3, 0.4) is 0 Å². The minimum Gasteiger partial charge on any atom is -0.274 e. The molecule has 1 aliphatic heterocycles. The minimum absolute atomic E-state index is 0.0852. The van der Waals surface area contributed by atoms with E-state index in [2.05, 4.69) is 32.0 Å². The fourth-order valence-corrected chi connectivity index (χ4v) is 3.29. The molecular weight excluding hydrogens is 286 g/mol. The third kappa shape index (κ3) is 3.19. The Bertz CT molecular complexity index is 741. The summed E-state index contributed by atoms with van der Waals surface area (Å²) in [6, 6.07) is 13.8.